The first-order valence-electron chi connectivity index (χ1n) is 7.44. The van der Waals surface area contributed by atoms with Gasteiger partial charge in [-0.25, -0.2) is 8.78 Å². The Labute approximate surface area is 157 Å². The quantitative estimate of drug-likeness (QED) is 0.371. The summed E-state index contributed by atoms with van der Waals surface area (Å²) in [5, 5.41) is 0. The average molecular weight is 452 g/mol. The van der Waals surface area contributed by atoms with E-state index in [1.807, 2.05) is 0 Å². The summed E-state index contributed by atoms with van der Waals surface area (Å²) in [6.45, 7) is 0. The second-order valence-corrected chi connectivity index (χ2v) is 6.78. The zero-order chi connectivity index (χ0) is 17.4. The van der Waals surface area contributed by atoms with Crippen LogP contribution in [0.2, 0.25) is 0 Å². The number of hydrogen-bond donors (Lipinski definition) is 0. The molecule has 0 aliphatic rings. The van der Waals surface area contributed by atoms with E-state index in [1.165, 1.54) is 12.1 Å². The SMILES string of the molecule is Fc1cc(C#CCCCCC#Cc2ccc(Br)c(F)c2)ccc1Br. The van der Waals surface area contributed by atoms with Gasteiger partial charge in [0.05, 0.1) is 8.95 Å². The fourth-order valence-electron chi connectivity index (χ4n) is 1.90. The first-order valence-corrected chi connectivity index (χ1v) is 9.03. The highest BCUT2D eigenvalue weighted by atomic mass is 79.9. The Morgan fingerprint density at radius 1 is 0.708 bits per heavy atom. The van der Waals surface area contributed by atoms with Gasteiger partial charge in [0.25, 0.3) is 0 Å². The summed E-state index contributed by atoms with van der Waals surface area (Å²) in [4.78, 5) is 0. The van der Waals surface area contributed by atoms with Crippen LogP contribution in [0.3, 0.4) is 0 Å². The maximum absolute atomic E-state index is 13.3. The summed E-state index contributed by atoms with van der Waals surface area (Å²) >= 11 is 6.22. The maximum Gasteiger partial charge on any atom is 0.138 e. The minimum absolute atomic E-state index is 0.304. The summed E-state index contributed by atoms with van der Waals surface area (Å²) in [7, 11) is 0. The zero-order valence-corrected chi connectivity index (χ0v) is 16.0. The van der Waals surface area contributed by atoms with Gasteiger partial charge in [-0.05, 0) is 81.1 Å². The van der Waals surface area contributed by atoms with Crippen molar-refractivity contribution in [3.63, 3.8) is 0 Å². The third-order valence-corrected chi connectivity index (χ3v) is 4.44. The van der Waals surface area contributed by atoms with E-state index in [0.29, 0.717) is 20.1 Å². The molecule has 0 spiro atoms. The molecule has 24 heavy (non-hydrogen) atoms. The van der Waals surface area contributed by atoms with Crippen molar-refractivity contribution >= 4 is 31.9 Å². The van der Waals surface area contributed by atoms with E-state index in [0.717, 1.165) is 25.7 Å². The zero-order valence-electron chi connectivity index (χ0n) is 12.8. The maximum atomic E-state index is 13.3. The topological polar surface area (TPSA) is 0 Å². The van der Waals surface area contributed by atoms with E-state index < -0.39 is 0 Å². The highest BCUT2D eigenvalue weighted by molar-refractivity contribution is 9.10. The van der Waals surface area contributed by atoms with E-state index >= 15 is 0 Å². The molecule has 0 aliphatic carbocycles. The Hall–Kier alpha value is -1.62. The van der Waals surface area contributed by atoms with Gasteiger partial charge < -0.3 is 0 Å². The highest BCUT2D eigenvalue weighted by Gasteiger charge is 1.98. The van der Waals surface area contributed by atoms with Gasteiger partial charge >= 0.3 is 0 Å². The second-order valence-electron chi connectivity index (χ2n) is 5.07. The lowest BCUT2D eigenvalue weighted by Crippen LogP contribution is -1.81. The van der Waals surface area contributed by atoms with Crippen LogP contribution in [0, 0.1) is 35.3 Å². The molecule has 0 unspecified atom stereocenters. The molecule has 0 N–H and O–H groups in total. The highest BCUT2D eigenvalue weighted by Crippen LogP contribution is 2.16. The Kier molecular flexibility index (Phi) is 7.50. The molecule has 0 saturated heterocycles. The van der Waals surface area contributed by atoms with Crippen molar-refractivity contribution in [1.82, 2.24) is 0 Å². The van der Waals surface area contributed by atoms with Gasteiger partial charge in [0.15, 0.2) is 0 Å². The second kappa shape index (κ2) is 9.62. The van der Waals surface area contributed by atoms with Crippen LogP contribution in [0.15, 0.2) is 45.3 Å². The molecule has 0 bridgehead atoms. The van der Waals surface area contributed by atoms with Crippen LogP contribution >= 0.6 is 31.9 Å². The van der Waals surface area contributed by atoms with Crippen molar-refractivity contribution in [3.8, 4) is 23.7 Å². The molecule has 2 aromatic carbocycles. The first kappa shape index (κ1) is 18.7. The molecule has 0 saturated carbocycles. The van der Waals surface area contributed by atoms with Gasteiger partial charge in [0.1, 0.15) is 11.6 Å². The molecule has 0 heterocycles. The Morgan fingerprint density at radius 2 is 1.12 bits per heavy atom. The van der Waals surface area contributed by atoms with Crippen molar-refractivity contribution in [2.24, 2.45) is 0 Å². The van der Waals surface area contributed by atoms with Crippen molar-refractivity contribution in [1.29, 1.82) is 0 Å². The van der Waals surface area contributed by atoms with E-state index in [9.17, 15) is 8.78 Å². The molecule has 2 rings (SSSR count). The summed E-state index contributed by atoms with van der Waals surface area (Å²) in [5.41, 5.74) is 1.35. The molecule has 0 aromatic heterocycles. The van der Waals surface area contributed by atoms with E-state index in [2.05, 4.69) is 55.5 Å². The Balaban J connectivity index is 1.72. The monoisotopic (exact) mass is 450 g/mol. The molecule has 0 amide bonds. The van der Waals surface area contributed by atoms with Crippen LogP contribution in [-0.2, 0) is 0 Å². The fourth-order valence-corrected chi connectivity index (χ4v) is 2.40. The molecule has 0 atom stereocenters. The van der Waals surface area contributed by atoms with Crippen molar-refractivity contribution in [3.05, 3.63) is 68.1 Å². The van der Waals surface area contributed by atoms with Gasteiger partial charge in [-0.1, -0.05) is 23.7 Å². The predicted octanol–water partition coefficient (Wildman–Crippen LogP) is 6.45. The molecule has 4 heteroatoms. The molecular formula is C20H14Br2F2. The van der Waals surface area contributed by atoms with Crippen LogP contribution in [-0.4, -0.2) is 0 Å². The van der Waals surface area contributed by atoms with E-state index in [-0.39, 0.29) is 11.6 Å². The predicted molar refractivity (Wildman–Crippen MR) is 100 cm³/mol. The van der Waals surface area contributed by atoms with Crippen LogP contribution < -0.4 is 0 Å². The molecule has 0 nitrogen and oxygen atoms in total. The standard InChI is InChI=1S/C20H14Br2F2/c21-17-11-9-15(13-19(17)23)7-5-3-1-2-4-6-8-16-10-12-18(22)20(24)14-16/h9-14H,1-4H2. The normalized spacial score (nSPS) is 9.67. The first-order chi connectivity index (χ1) is 11.6. The van der Waals surface area contributed by atoms with E-state index in [1.54, 1.807) is 24.3 Å². The van der Waals surface area contributed by atoms with Gasteiger partial charge in [0.2, 0.25) is 0 Å². The molecule has 122 valence electrons. The van der Waals surface area contributed by atoms with Gasteiger partial charge in [0, 0.05) is 24.0 Å². The largest absolute Gasteiger partial charge is 0.206 e. The lowest BCUT2D eigenvalue weighted by molar-refractivity contribution is 0.620. The smallest absolute Gasteiger partial charge is 0.138 e. The Bertz CT molecular complexity index is 765. The summed E-state index contributed by atoms with van der Waals surface area (Å²) in [5.74, 6) is 11.4. The average Bonchev–Trinajstić information content (AvgIpc) is 2.56. The van der Waals surface area contributed by atoms with Crippen LogP contribution in [0.4, 0.5) is 8.78 Å². The van der Waals surface area contributed by atoms with E-state index in [4.69, 9.17) is 0 Å². The third kappa shape index (κ3) is 6.11. The summed E-state index contributed by atoms with van der Waals surface area (Å²) < 4.78 is 27.5. The number of halogens is 4. The summed E-state index contributed by atoms with van der Waals surface area (Å²) in [6, 6.07) is 9.70. The van der Waals surface area contributed by atoms with Crippen LogP contribution in [0.25, 0.3) is 0 Å². The lowest BCUT2D eigenvalue weighted by atomic mass is 10.1. The molecule has 0 aliphatic heterocycles. The number of rotatable bonds is 3. The third-order valence-electron chi connectivity index (χ3n) is 3.16. The van der Waals surface area contributed by atoms with Crippen molar-refractivity contribution < 1.29 is 8.78 Å². The van der Waals surface area contributed by atoms with Gasteiger partial charge in [-0.15, -0.1) is 0 Å². The van der Waals surface area contributed by atoms with Crippen LogP contribution in [0.5, 0.6) is 0 Å². The number of unbranched alkanes of at least 4 members (excludes halogenated alkanes) is 3. The van der Waals surface area contributed by atoms with Crippen molar-refractivity contribution in [2.45, 2.75) is 25.7 Å². The molecule has 0 fully saturated rings. The molecule has 2 aromatic rings. The number of hydrogen-bond acceptors (Lipinski definition) is 0. The number of benzene rings is 2. The van der Waals surface area contributed by atoms with Crippen LogP contribution in [0.1, 0.15) is 36.8 Å². The molecular weight excluding hydrogens is 438 g/mol. The summed E-state index contributed by atoms with van der Waals surface area (Å²) in [6.07, 6.45) is 3.34. The van der Waals surface area contributed by atoms with Crippen molar-refractivity contribution in [2.75, 3.05) is 0 Å². The Morgan fingerprint density at radius 3 is 1.50 bits per heavy atom. The molecule has 0 radical (unpaired) electrons. The van der Waals surface area contributed by atoms with Gasteiger partial charge in [-0.2, -0.15) is 0 Å². The lowest BCUT2D eigenvalue weighted by Gasteiger charge is -1.95. The minimum atomic E-state index is -0.304. The van der Waals surface area contributed by atoms with Gasteiger partial charge in [-0.3, -0.25) is 0 Å². The minimum Gasteiger partial charge on any atom is -0.206 e. The fraction of sp³-hybridized carbons (Fsp3) is 0.200.